The third-order valence-electron chi connectivity index (χ3n) is 8.55. The molecule has 5 aromatic rings. The van der Waals surface area contributed by atoms with Crippen molar-refractivity contribution in [2.75, 3.05) is 27.4 Å². The second-order valence-electron chi connectivity index (χ2n) is 12.1. The van der Waals surface area contributed by atoms with Crippen LogP contribution >= 0.6 is 23.2 Å². The van der Waals surface area contributed by atoms with Gasteiger partial charge in [-0.1, -0.05) is 47.5 Å². The van der Waals surface area contributed by atoms with E-state index in [-0.39, 0.29) is 0 Å². The maximum atomic E-state index is 10.4. The molecule has 52 heavy (non-hydrogen) atoms. The minimum Gasteiger partial charge on any atom is -0.465 e. The molecule has 2 unspecified atom stereocenters. The quantitative estimate of drug-likeness (QED) is 0.0915. The Kier molecular flexibility index (Phi) is 10.7. The lowest BCUT2D eigenvalue weighted by Crippen LogP contribution is -2.17. The van der Waals surface area contributed by atoms with Gasteiger partial charge in [-0.3, -0.25) is 0 Å². The van der Waals surface area contributed by atoms with E-state index in [1.54, 1.807) is 26.4 Å². The van der Waals surface area contributed by atoms with Gasteiger partial charge < -0.3 is 39.1 Å². The smallest absolute Gasteiger partial charge is 0.199 e. The molecule has 266 valence electrons. The van der Waals surface area contributed by atoms with Crippen LogP contribution in [0.1, 0.15) is 35.6 Å². The van der Waals surface area contributed by atoms with Gasteiger partial charge in [-0.15, -0.1) is 0 Å². The van der Waals surface area contributed by atoms with Gasteiger partial charge in [-0.05, 0) is 84.0 Å². The number of nitrogens with zero attached hydrogens (tertiary/aromatic N) is 2. The van der Waals surface area contributed by atoms with Crippen LogP contribution in [0, 0.1) is 0 Å². The Bertz CT molecular complexity index is 2170. The number of fused-ring (bicyclic) bond motifs is 8. The number of halogens is 2. The van der Waals surface area contributed by atoms with Crippen LogP contribution in [0.15, 0.2) is 72.8 Å². The fraction of sp³-hybridized carbons (Fsp3) is 0.200. The predicted molar refractivity (Wildman–Crippen MR) is 206 cm³/mol. The van der Waals surface area contributed by atoms with Crippen LogP contribution in [0.2, 0.25) is 10.0 Å². The summed E-state index contributed by atoms with van der Waals surface area (Å²) in [5.41, 5.74) is 8.47. The number of rotatable bonds is 12. The maximum Gasteiger partial charge on any atom is 0.199 e. The molecule has 0 aliphatic carbocycles. The normalized spacial score (nSPS) is 13.3. The van der Waals surface area contributed by atoms with Gasteiger partial charge in [0.05, 0.1) is 57.1 Å². The molecule has 0 amide bonds. The third kappa shape index (κ3) is 7.63. The molecule has 10 nitrogen and oxygen atoms in total. The highest BCUT2D eigenvalue weighted by Gasteiger charge is 2.18. The van der Waals surface area contributed by atoms with E-state index in [2.05, 4.69) is 9.97 Å². The van der Waals surface area contributed by atoms with Gasteiger partial charge in [0.25, 0.3) is 0 Å². The Balaban J connectivity index is 1.42. The summed E-state index contributed by atoms with van der Waals surface area (Å²) in [4.78, 5) is 16.9. The first-order valence-electron chi connectivity index (χ1n) is 16.7. The summed E-state index contributed by atoms with van der Waals surface area (Å²) < 4.78 is 21.8. The summed E-state index contributed by atoms with van der Waals surface area (Å²) >= 11 is 14.1. The van der Waals surface area contributed by atoms with E-state index >= 15 is 0 Å². The van der Waals surface area contributed by atoms with Crippen LogP contribution < -0.4 is 9.47 Å². The minimum absolute atomic E-state index is 0.325. The summed E-state index contributed by atoms with van der Waals surface area (Å²) in [7, 11) is 3.15. The molecule has 7 rings (SSSR count). The summed E-state index contributed by atoms with van der Waals surface area (Å²) in [6.07, 6.45) is 6.17. The molecular formula is C40H36Cl2N4O6. The van der Waals surface area contributed by atoms with E-state index in [1.165, 1.54) is 0 Å². The molecule has 12 heteroatoms. The monoisotopic (exact) mass is 738 g/mol. The molecule has 2 aliphatic heterocycles. The fourth-order valence-electron chi connectivity index (χ4n) is 6.06. The van der Waals surface area contributed by atoms with Gasteiger partial charge in [0, 0.05) is 49.2 Å². The van der Waals surface area contributed by atoms with E-state index in [0.717, 1.165) is 33.3 Å². The Morgan fingerprint density at radius 2 is 0.981 bits per heavy atom. The number of nitrogens with one attached hydrogen (secondary N) is 2. The van der Waals surface area contributed by atoms with E-state index in [4.69, 9.17) is 52.1 Å². The van der Waals surface area contributed by atoms with Gasteiger partial charge in [0.1, 0.15) is 11.5 Å². The van der Waals surface area contributed by atoms with Crippen molar-refractivity contribution in [2.45, 2.75) is 25.4 Å². The second-order valence-corrected chi connectivity index (χ2v) is 12.9. The van der Waals surface area contributed by atoms with Gasteiger partial charge in [-0.25, -0.2) is 9.97 Å². The number of aliphatic hydroxyl groups excluding tert-OH is 2. The molecule has 0 saturated carbocycles. The number of H-pyrrole nitrogens is 2. The first-order valence-corrected chi connectivity index (χ1v) is 17.4. The molecule has 4 N–H and O–H groups in total. The Morgan fingerprint density at radius 3 is 1.40 bits per heavy atom. The molecule has 0 radical (unpaired) electrons. The van der Waals surface area contributed by atoms with Crippen LogP contribution in [0.4, 0.5) is 0 Å². The highest BCUT2D eigenvalue weighted by atomic mass is 35.5. The number of hydrogen-bond donors (Lipinski definition) is 4. The van der Waals surface area contributed by atoms with E-state index in [0.29, 0.717) is 81.4 Å². The van der Waals surface area contributed by atoms with Gasteiger partial charge in [0.15, 0.2) is 12.6 Å². The zero-order chi connectivity index (χ0) is 36.2. The Morgan fingerprint density at radius 1 is 0.577 bits per heavy atom. The summed E-state index contributed by atoms with van der Waals surface area (Å²) in [6, 6.07) is 22.6. The van der Waals surface area contributed by atoms with Crippen LogP contribution in [-0.2, 0) is 9.47 Å². The highest BCUT2D eigenvalue weighted by Crippen LogP contribution is 2.37. The van der Waals surface area contributed by atoms with Crippen molar-refractivity contribution in [2.24, 2.45) is 0 Å². The lowest BCUT2D eigenvalue weighted by molar-refractivity contribution is -0.0373. The van der Waals surface area contributed by atoms with Crippen LogP contribution in [0.25, 0.3) is 68.6 Å². The van der Waals surface area contributed by atoms with Gasteiger partial charge >= 0.3 is 0 Å². The molecule has 2 aromatic carbocycles. The maximum absolute atomic E-state index is 10.4. The lowest BCUT2D eigenvalue weighted by Gasteiger charge is -2.14. The first-order chi connectivity index (χ1) is 25.3. The number of hydrogen-bond acceptors (Lipinski definition) is 8. The zero-order valence-electron chi connectivity index (χ0n) is 28.4. The largest absolute Gasteiger partial charge is 0.465 e. The number of aliphatic hydroxyl groups is 2. The van der Waals surface area contributed by atoms with E-state index in [1.807, 2.05) is 85.0 Å². The van der Waals surface area contributed by atoms with Crippen LogP contribution in [0.5, 0.6) is 11.5 Å². The highest BCUT2D eigenvalue weighted by molar-refractivity contribution is 6.36. The fourth-order valence-corrected chi connectivity index (χ4v) is 6.49. The van der Waals surface area contributed by atoms with Crippen molar-refractivity contribution in [3.63, 3.8) is 0 Å². The standard InChI is InChI=1S/C40H36Cl2N4O6/c1-49-19-17-35(47)51-25-7-3-5-23(21-25)37-27-9-13-31(43-27)39(41)33-15-11-29(45-33)38(24-6-4-8-26(22-24)52-36(48)18-20-50-2)30-12-16-34(46-30)40(42)32-14-10-28(37)44-32/h3-16,21-22,35-36,43,46-48H,17-20H2,1-2H3. The number of ether oxygens (including phenoxy) is 4. The van der Waals surface area contributed by atoms with Crippen molar-refractivity contribution in [1.29, 1.82) is 0 Å². The van der Waals surface area contributed by atoms with Gasteiger partial charge in [0.2, 0.25) is 0 Å². The van der Waals surface area contributed by atoms with Crippen molar-refractivity contribution in [3.05, 3.63) is 106 Å². The number of methoxy groups -OCH3 is 2. The van der Waals surface area contributed by atoms with Crippen molar-refractivity contribution < 1.29 is 29.2 Å². The molecule has 2 aliphatic rings. The van der Waals surface area contributed by atoms with Crippen LogP contribution in [-0.4, -0.2) is 70.2 Å². The predicted octanol–water partition coefficient (Wildman–Crippen LogP) is 8.76. The molecular weight excluding hydrogens is 703 g/mol. The van der Waals surface area contributed by atoms with E-state index in [9.17, 15) is 10.2 Å². The molecule has 0 fully saturated rings. The average molecular weight is 740 g/mol. The SMILES string of the molecule is COCCC(O)Oc1cccc(-c2c3nc(c(Cl)c4ccc([nH]4)c(-c4cccc(OC(O)CCOC)c4)c4nc(c(Cl)c5ccc2[nH]5)C=C4)C=C3)c1. The first kappa shape index (κ1) is 35.5. The minimum atomic E-state index is -1.03. The van der Waals surface area contributed by atoms with Crippen molar-refractivity contribution in [3.8, 4) is 33.8 Å². The summed E-state index contributed by atoms with van der Waals surface area (Å²) in [5, 5.41) is 21.6. The molecule has 5 heterocycles. The second kappa shape index (κ2) is 15.7. The van der Waals surface area contributed by atoms with Crippen molar-refractivity contribution >= 4 is 69.6 Å². The summed E-state index contributed by atoms with van der Waals surface area (Å²) in [6.45, 7) is 0.727. The van der Waals surface area contributed by atoms with Crippen molar-refractivity contribution in [1.82, 2.24) is 19.9 Å². The molecule has 3 aromatic heterocycles. The molecule has 0 spiro atoms. The van der Waals surface area contributed by atoms with E-state index < -0.39 is 12.6 Å². The number of aromatic amines is 2. The Hall–Kier alpha value is -4.94. The van der Waals surface area contributed by atoms with Gasteiger partial charge in [-0.2, -0.15) is 0 Å². The average Bonchev–Trinajstić information content (AvgIpc) is 3.98. The molecule has 2 atom stereocenters. The lowest BCUT2D eigenvalue weighted by atomic mass is 10.0. The molecule has 8 bridgehead atoms. The Labute approximate surface area is 309 Å². The third-order valence-corrected chi connectivity index (χ3v) is 9.35. The number of benzene rings is 2. The van der Waals surface area contributed by atoms with Crippen LogP contribution in [0.3, 0.4) is 0 Å². The summed E-state index contributed by atoms with van der Waals surface area (Å²) in [5.74, 6) is 0.986. The molecule has 0 saturated heterocycles. The number of aromatic nitrogens is 4. The zero-order valence-corrected chi connectivity index (χ0v) is 29.9. The topological polar surface area (TPSA) is 135 Å².